The van der Waals surface area contributed by atoms with Crippen molar-refractivity contribution in [3.63, 3.8) is 0 Å². The largest absolute Gasteiger partial charge is 0.450 e. The van der Waals surface area contributed by atoms with Crippen molar-refractivity contribution in [2.75, 3.05) is 32.8 Å². The minimum absolute atomic E-state index is 0.0529. The quantitative estimate of drug-likeness (QED) is 0.176. The Bertz CT molecular complexity index is 496. The van der Waals surface area contributed by atoms with Gasteiger partial charge < -0.3 is 15.4 Å². The first-order valence-corrected chi connectivity index (χ1v) is 10.9. The second-order valence-corrected chi connectivity index (χ2v) is 7.00. The topological polar surface area (TPSA) is 126 Å². The van der Waals surface area contributed by atoms with Gasteiger partial charge in [-0.2, -0.15) is 0 Å². The van der Waals surface area contributed by atoms with Crippen LogP contribution in [0.5, 0.6) is 0 Å². The molecule has 0 aliphatic heterocycles. The highest BCUT2D eigenvalue weighted by Gasteiger charge is 2.03. The number of isocyanates is 2. The number of carbonyl (C=O) groups is 2. The van der Waals surface area contributed by atoms with Crippen molar-refractivity contribution in [3.8, 4) is 0 Å². The number of aliphatic imine (C=N–C) groups is 2. The monoisotopic (exact) mass is 424 g/mol. The molecule has 0 saturated heterocycles. The van der Waals surface area contributed by atoms with Crippen molar-refractivity contribution in [2.24, 2.45) is 9.98 Å². The average molecular weight is 425 g/mol. The van der Waals surface area contributed by atoms with Crippen LogP contribution in [0.3, 0.4) is 0 Å². The molecule has 0 radical (unpaired) electrons. The van der Waals surface area contributed by atoms with Gasteiger partial charge >= 0.3 is 6.09 Å². The molecule has 0 atom stereocenters. The summed E-state index contributed by atoms with van der Waals surface area (Å²) < 4.78 is 5.10. The molecule has 9 nitrogen and oxygen atoms in total. The fraction of sp³-hybridized carbons (Fsp3) is 0.810. The molecule has 0 spiro atoms. The van der Waals surface area contributed by atoms with Crippen molar-refractivity contribution in [3.05, 3.63) is 0 Å². The lowest BCUT2D eigenvalue weighted by molar-refractivity contribution is -0.121. The molecule has 0 rings (SSSR count). The van der Waals surface area contributed by atoms with E-state index >= 15 is 0 Å². The molecule has 0 heterocycles. The lowest BCUT2D eigenvalue weighted by Crippen LogP contribution is -2.25. The molecule has 170 valence electrons. The van der Waals surface area contributed by atoms with Crippen LogP contribution in [-0.2, 0) is 19.1 Å². The number of hydrogen-bond acceptors (Lipinski definition) is 7. The van der Waals surface area contributed by atoms with Crippen LogP contribution in [0, 0.1) is 0 Å². The molecule has 2 N–H and O–H groups in total. The Labute approximate surface area is 179 Å². The van der Waals surface area contributed by atoms with Gasteiger partial charge in [-0.15, -0.1) is 0 Å². The third kappa shape index (κ3) is 21.8. The zero-order valence-electron chi connectivity index (χ0n) is 18.0. The van der Waals surface area contributed by atoms with Crippen molar-refractivity contribution in [1.82, 2.24) is 10.6 Å². The lowest BCUT2D eigenvalue weighted by atomic mass is 10.2. The van der Waals surface area contributed by atoms with Crippen LogP contribution >= 0.6 is 0 Å². The normalized spacial score (nSPS) is 9.87. The number of alkyl carbamates (subject to hydrolysis) is 1. The highest BCUT2D eigenvalue weighted by atomic mass is 16.5. The molecule has 0 aliphatic carbocycles. The number of nitrogens with one attached hydrogen (secondary N) is 2. The smallest absolute Gasteiger partial charge is 0.407 e. The third-order valence-electron chi connectivity index (χ3n) is 4.40. The van der Waals surface area contributed by atoms with Gasteiger partial charge in [0, 0.05) is 19.5 Å². The Hall–Kier alpha value is -2.50. The maximum atomic E-state index is 11.7. The van der Waals surface area contributed by atoms with Crippen LogP contribution in [-0.4, -0.2) is 56.9 Å². The average Bonchev–Trinajstić information content (AvgIpc) is 2.74. The van der Waals surface area contributed by atoms with Gasteiger partial charge in [0.15, 0.2) is 0 Å². The van der Waals surface area contributed by atoms with E-state index in [4.69, 9.17) is 4.74 Å². The van der Waals surface area contributed by atoms with Gasteiger partial charge in [-0.1, -0.05) is 25.7 Å². The van der Waals surface area contributed by atoms with Crippen LogP contribution in [0.4, 0.5) is 4.79 Å². The van der Waals surface area contributed by atoms with E-state index in [0.717, 1.165) is 70.6 Å². The highest BCUT2D eigenvalue weighted by Crippen LogP contribution is 2.02. The summed E-state index contributed by atoms with van der Waals surface area (Å²) in [6.45, 7) is 2.64. The molecule has 0 unspecified atom stereocenters. The first kappa shape index (κ1) is 27.5. The molecule has 0 aromatic carbocycles. The van der Waals surface area contributed by atoms with E-state index in [9.17, 15) is 19.2 Å². The summed E-state index contributed by atoms with van der Waals surface area (Å²) >= 11 is 0. The lowest BCUT2D eigenvalue weighted by Gasteiger charge is -2.07. The summed E-state index contributed by atoms with van der Waals surface area (Å²) in [5.74, 6) is 0.0529. The van der Waals surface area contributed by atoms with Gasteiger partial charge in [-0.3, -0.25) is 4.79 Å². The van der Waals surface area contributed by atoms with Crippen LogP contribution in [0.1, 0.15) is 77.0 Å². The summed E-state index contributed by atoms with van der Waals surface area (Å²) in [7, 11) is 0. The number of rotatable bonds is 20. The SMILES string of the molecule is O=C=NCCCCCCNC(=O)CCCCCOC(=O)NCCCCCCN=C=O. The first-order valence-electron chi connectivity index (χ1n) is 10.9. The van der Waals surface area contributed by atoms with Crippen LogP contribution in [0.2, 0.25) is 0 Å². The van der Waals surface area contributed by atoms with Crippen LogP contribution in [0.25, 0.3) is 0 Å². The zero-order chi connectivity index (χ0) is 22.1. The predicted octanol–water partition coefficient (Wildman–Crippen LogP) is 3.18. The number of ether oxygens (including phenoxy) is 1. The summed E-state index contributed by atoms with van der Waals surface area (Å²) in [5.41, 5.74) is 0. The van der Waals surface area contributed by atoms with Crippen molar-refractivity contribution >= 4 is 24.2 Å². The highest BCUT2D eigenvalue weighted by molar-refractivity contribution is 5.75. The maximum Gasteiger partial charge on any atom is 0.407 e. The van der Waals surface area contributed by atoms with E-state index in [0.29, 0.717) is 39.2 Å². The minimum atomic E-state index is -0.406. The van der Waals surface area contributed by atoms with E-state index in [1.165, 1.54) is 12.2 Å². The second-order valence-electron chi connectivity index (χ2n) is 7.00. The fourth-order valence-corrected chi connectivity index (χ4v) is 2.72. The molecule has 2 amide bonds. The van der Waals surface area contributed by atoms with Crippen molar-refractivity contribution < 1.29 is 23.9 Å². The van der Waals surface area contributed by atoms with Gasteiger partial charge in [-0.25, -0.2) is 24.4 Å². The van der Waals surface area contributed by atoms with E-state index in [1.807, 2.05) is 0 Å². The Morgan fingerprint density at radius 1 is 0.667 bits per heavy atom. The minimum Gasteiger partial charge on any atom is -0.450 e. The Kier molecular flexibility index (Phi) is 20.9. The van der Waals surface area contributed by atoms with E-state index in [1.54, 1.807) is 0 Å². The molecular formula is C21H36N4O5. The standard InChI is InChI=1S/C21H36N4O5/c26-18-22-13-7-1-3-9-15-24-20(28)12-6-5-11-17-30-21(29)25-16-10-4-2-8-14-23-19-27/h1-17H2,(H,24,28)(H,25,29). The van der Waals surface area contributed by atoms with Gasteiger partial charge in [0.1, 0.15) is 0 Å². The third-order valence-corrected chi connectivity index (χ3v) is 4.40. The molecule has 0 fully saturated rings. The molecular weight excluding hydrogens is 388 g/mol. The molecule has 0 aromatic rings. The Morgan fingerprint density at radius 2 is 1.20 bits per heavy atom. The maximum absolute atomic E-state index is 11.7. The molecule has 0 aliphatic rings. The van der Waals surface area contributed by atoms with Gasteiger partial charge in [0.05, 0.1) is 19.7 Å². The Balaban J connectivity index is 3.33. The van der Waals surface area contributed by atoms with Gasteiger partial charge in [0.2, 0.25) is 18.1 Å². The summed E-state index contributed by atoms with van der Waals surface area (Å²) in [6, 6.07) is 0. The van der Waals surface area contributed by atoms with E-state index < -0.39 is 6.09 Å². The van der Waals surface area contributed by atoms with Crippen molar-refractivity contribution in [2.45, 2.75) is 77.0 Å². The number of unbranched alkanes of at least 4 members (excludes halogenated alkanes) is 8. The van der Waals surface area contributed by atoms with Crippen LogP contribution < -0.4 is 10.6 Å². The van der Waals surface area contributed by atoms with Gasteiger partial charge in [0.25, 0.3) is 0 Å². The summed E-state index contributed by atoms with van der Waals surface area (Å²) in [5, 5.41) is 5.61. The molecule has 30 heavy (non-hydrogen) atoms. The number of amides is 2. The number of carbonyl (C=O) groups excluding carboxylic acids is 4. The molecule has 0 saturated carbocycles. The molecule has 0 aromatic heterocycles. The predicted molar refractivity (Wildman–Crippen MR) is 114 cm³/mol. The van der Waals surface area contributed by atoms with E-state index in [-0.39, 0.29) is 5.91 Å². The summed E-state index contributed by atoms with van der Waals surface area (Å²) in [4.78, 5) is 50.0. The van der Waals surface area contributed by atoms with Gasteiger partial charge in [-0.05, 0) is 44.9 Å². The Morgan fingerprint density at radius 3 is 1.80 bits per heavy atom. The molecule has 0 bridgehead atoms. The first-order chi connectivity index (χ1) is 14.7. The number of hydrogen-bond donors (Lipinski definition) is 2. The fourth-order valence-electron chi connectivity index (χ4n) is 2.72. The molecule has 9 heteroatoms. The van der Waals surface area contributed by atoms with Crippen LogP contribution in [0.15, 0.2) is 9.98 Å². The second kappa shape index (κ2) is 22.8. The zero-order valence-corrected chi connectivity index (χ0v) is 18.0. The van der Waals surface area contributed by atoms with E-state index in [2.05, 4.69) is 20.6 Å². The van der Waals surface area contributed by atoms with Crippen molar-refractivity contribution in [1.29, 1.82) is 0 Å². The summed E-state index contributed by atoms with van der Waals surface area (Å²) in [6.07, 6.45) is 12.9. The number of nitrogens with zero attached hydrogens (tertiary/aromatic N) is 2.